The molecular formula is C19H15N3O2. The number of methoxy groups -OCH3 is 1. The summed E-state index contributed by atoms with van der Waals surface area (Å²) in [5.74, 6) is 0.246. The smallest absolute Gasteiger partial charge is 0.266 e. The Bertz CT molecular complexity index is 947. The second-order valence-corrected chi connectivity index (χ2v) is 5.14. The molecule has 0 aliphatic rings. The Hall–Kier alpha value is -3.52. The fourth-order valence-corrected chi connectivity index (χ4v) is 2.39. The number of hydrogen-bond donors (Lipinski definition) is 2. The van der Waals surface area contributed by atoms with Crippen LogP contribution in [0.15, 0.2) is 60.3 Å². The molecule has 24 heavy (non-hydrogen) atoms. The maximum atomic E-state index is 12.3. The summed E-state index contributed by atoms with van der Waals surface area (Å²) in [6, 6.07) is 16.6. The number of nitrogens with one attached hydrogen (secondary N) is 2. The number of carbonyl (C=O) groups is 1. The molecule has 118 valence electrons. The van der Waals surface area contributed by atoms with Crippen molar-refractivity contribution < 1.29 is 9.53 Å². The molecule has 0 spiro atoms. The Morgan fingerprint density at radius 2 is 1.96 bits per heavy atom. The Kier molecular flexibility index (Phi) is 4.30. The third-order valence-electron chi connectivity index (χ3n) is 3.63. The van der Waals surface area contributed by atoms with Gasteiger partial charge in [-0.2, -0.15) is 5.26 Å². The van der Waals surface area contributed by atoms with Crippen molar-refractivity contribution >= 4 is 28.6 Å². The Morgan fingerprint density at radius 3 is 2.67 bits per heavy atom. The standard InChI is InChI=1S/C19H15N3O2/c1-24-16-8-6-15(7-9-16)22-19(23)13(11-20)10-14-12-21-18-5-3-2-4-17(14)18/h2-10,12,21H,1H3,(H,22,23). The monoisotopic (exact) mass is 317 g/mol. The van der Waals surface area contributed by atoms with Crippen LogP contribution in [0.5, 0.6) is 5.75 Å². The SMILES string of the molecule is COc1ccc(NC(=O)C(C#N)=Cc2c[nH]c3ccccc23)cc1. The highest BCUT2D eigenvalue weighted by Gasteiger charge is 2.11. The molecule has 3 aromatic rings. The maximum absolute atomic E-state index is 12.3. The van der Waals surface area contributed by atoms with E-state index in [0.29, 0.717) is 11.4 Å². The van der Waals surface area contributed by atoms with E-state index in [0.717, 1.165) is 16.5 Å². The summed E-state index contributed by atoms with van der Waals surface area (Å²) in [4.78, 5) is 15.4. The molecule has 0 saturated heterocycles. The first-order valence-corrected chi connectivity index (χ1v) is 7.34. The number of aromatic amines is 1. The van der Waals surface area contributed by atoms with Crippen molar-refractivity contribution in [2.24, 2.45) is 0 Å². The van der Waals surface area contributed by atoms with Gasteiger partial charge in [-0.1, -0.05) is 18.2 Å². The molecule has 0 aliphatic heterocycles. The average Bonchev–Trinajstić information content (AvgIpc) is 3.03. The molecule has 2 N–H and O–H groups in total. The second-order valence-electron chi connectivity index (χ2n) is 5.14. The van der Waals surface area contributed by atoms with Gasteiger partial charge in [-0.3, -0.25) is 4.79 Å². The van der Waals surface area contributed by atoms with Gasteiger partial charge in [0.25, 0.3) is 5.91 Å². The quantitative estimate of drug-likeness (QED) is 0.568. The summed E-state index contributed by atoms with van der Waals surface area (Å²) in [6.45, 7) is 0. The van der Waals surface area contributed by atoms with Crippen molar-refractivity contribution in [3.8, 4) is 11.8 Å². The van der Waals surface area contributed by atoms with E-state index in [1.807, 2.05) is 30.3 Å². The normalized spacial score (nSPS) is 11.1. The van der Waals surface area contributed by atoms with E-state index >= 15 is 0 Å². The summed E-state index contributed by atoms with van der Waals surface area (Å²) in [7, 11) is 1.57. The molecule has 3 rings (SSSR count). The molecule has 0 unspecified atom stereocenters. The molecule has 0 radical (unpaired) electrons. The molecule has 1 amide bonds. The van der Waals surface area contributed by atoms with E-state index in [4.69, 9.17) is 4.74 Å². The van der Waals surface area contributed by atoms with E-state index in [1.165, 1.54) is 0 Å². The minimum absolute atomic E-state index is 0.0376. The number of nitriles is 1. The average molecular weight is 317 g/mol. The summed E-state index contributed by atoms with van der Waals surface area (Å²) in [5, 5.41) is 13.0. The number of hydrogen-bond acceptors (Lipinski definition) is 3. The van der Waals surface area contributed by atoms with Crippen LogP contribution in [0.2, 0.25) is 0 Å². The minimum Gasteiger partial charge on any atom is -0.497 e. The van der Waals surface area contributed by atoms with Gasteiger partial charge in [0.15, 0.2) is 0 Å². The number of amides is 1. The molecule has 1 heterocycles. The third-order valence-corrected chi connectivity index (χ3v) is 3.63. The van der Waals surface area contributed by atoms with Gasteiger partial charge in [0.2, 0.25) is 0 Å². The van der Waals surface area contributed by atoms with Crippen LogP contribution >= 0.6 is 0 Å². The largest absolute Gasteiger partial charge is 0.497 e. The molecule has 0 atom stereocenters. The van der Waals surface area contributed by atoms with Crippen molar-refractivity contribution in [3.05, 3.63) is 65.9 Å². The maximum Gasteiger partial charge on any atom is 0.266 e. The minimum atomic E-state index is -0.451. The third kappa shape index (κ3) is 3.13. The number of ether oxygens (including phenoxy) is 1. The van der Waals surface area contributed by atoms with Crippen molar-refractivity contribution in [1.29, 1.82) is 5.26 Å². The number of nitrogens with zero attached hydrogens (tertiary/aromatic N) is 1. The highest BCUT2D eigenvalue weighted by molar-refractivity contribution is 6.10. The number of anilines is 1. The highest BCUT2D eigenvalue weighted by Crippen LogP contribution is 2.21. The fourth-order valence-electron chi connectivity index (χ4n) is 2.39. The molecule has 0 fully saturated rings. The number of fused-ring (bicyclic) bond motifs is 1. The molecular weight excluding hydrogens is 302 g/mol. The molecule has 5 nitrogen and oxygen atoms in total. The first kappa shape index (κ1) is 15.4. The number of benzene rings is 2. The van der Waals surface area contributed by atoms with Gasteiger partial charge < -0.3 is 15.0 Å². The predicted molar refractivity (Wildman–Crippen MR) is 93.5 cm³/mol. The molecule has 2 aromatic carbocycles. The molecule has 1 aromatic heterocycles. The first-order chi connectivity index (χ1) is 11.7. The number of aromatic nitrogens is 1. The lowest BCUT2D eigenvalue weighted by Gasteiger charge is -2.05. The first-order valence-electron chi connectivity index (χ1n) is 7.34. The van der Waals surface area contributed by atoms with Gasteiger partial charge in [-0.25, -0.2) is 0 Å². The Labute approximate surface area is 139 Å². The van der Waals surface area contributed by atoms with Crippen LogP contribution < -0.4 is 10.1 Å². The number of H-pyrrole nitrogens is 1. The second kappa shape index (κ2) is 6.71. The Morgan fingerprint density at radius 1 is 1.21 bits per heavy atom. The zero-order valence-corrected chi connectivity index (χ0v) is 13.0. The van der Waals surface area contributed by atoms with E-state index in [-0.39, 0.29) is 5.57 Å². The lowest BCUT2D eigenvalue weighted by atomic mass is 10.1. The fraction of sp³-hybridized carbons (Fsp3) is 0.0526. The lowest BCUT2D eigenvalue weighted by molar-refractivity contribution is -0.112. The molecule has 0 bridgehead atoms. The Balaban J connectivity index is 1.84. The van der Waals surface area contributed by atoms with Gasteiger partial charge in [0.1, 0.15) is 17.4 Å². The molecule has 5 heteroatoms. The molecule has 0 saturated carbocycles. The summed E-state index contributed by atoms with van der Waals surface area (Å²) in [5.41, 5.74) is 2.39. The number of para-hydroxylation sites is 1. The van der Waals surface area contributed by atoms with Crippen LogP contribution in [-0.4, -0.2) is 18.0 Å². The summed E-state index contributed by atoms with van der Waals surface area (Å²) >= 11 is 0. The van der Waals surface area contributed by atoms with E-state index in [1.54, 1.807) is 43.6 Å². The zero-order valence-electron chi connectivity index (χ0n) is 13.0. The molecule has 0 aliphatic carbocycles. The van der Waals surface area contributed by atoms with Crippen LogP contribution in [0.4, 0.5) is 5.69 Å². The van der Waals surface area contributed by atoms with Crippen LogP contribution in [0.25, 0.3) is 17.0 Å². The number of carbonyl (C=O) groups excluding carboxylic acids is 1. The van der Waals surface area contributed by atoms with Gasteiger partial charge in [0, 0.05) is 28.4 Å². The summed E-state index contributed by atoms with van der Waals surface area (Å²) in [6.07, 6.45) is 3.36. The predicted octanol–water partition coefficient (Wildman–Crippen LogP) is 3.72. The van der Waals surface area contributed by atoms with Gasteiger partial charge in [-0.15, -0.1) is 0 Å². The van der Waals surface area contributed by atoms with E-state index in [9.17, 15) is 10.1 Å². The van der Waals surface area contributed by atoms with Crippen molar-refractivity contribution in [2.75, 3.05) is 12.4 Å². The van der Waals surface area contributed by atoms with Crippen LogP contribution in [0.3, 0.4) is 0 Å². The topological polar surface area (TPSA) is 77.9 Å². The van der Waals surface area contributed by atoms with Crippen LogP contribution in [0, 0.1) is 11.3 Å². The van der Waals surface area contributed by atoms with E-state index < -0.39 is 5.91 Å². The highest BCUT2D eigenvalue weighted by atomic mass is 16.5. The number of rotatable bonds is 4. The summed E-state index contributed by atoms with van der Waals surface area (Å²) < 4.78 is 5.07. The lowest BCUT2D eigenvalue weighted by Crippen LogP contribution is -2.13. The van der Waals surface area contributed by atoms with E-state index in [2.05, 4.69) is 10.3 Å². The van der Waals surface area contributed by atoms with Crippen molar-refractivity contribution in [1.82, 2.24) is 4.98 Å². The van der Waals surface area contributed by atoms with Crippen molar-refractivity contribution in [3.63, 3.8) is 0 Å². The van der Waals surface area contributed by atoms with Gasteiger partial charge in [-0.05, 0) is 36.4 Å². The zero-order chi connectivity index (χ0) is 16.9. The van der Waals surface area contributed by atoms with Gasteiger partial charge >= 0.3 is 0 Å². The van der Waals surface area contributed by atoms with Crippen LogP contribution in [0.1, 0.15) is 5.56 Å². The van der Waals surface area contributed by atoms with Crippen molar-refractivity contribution in [2.45, 2.75) is 0 Å². The van der Waals surface area contributed by atoms with Gasteiger partial charge in [0.05, 0.1) is 7.11 Å². The van der Waals surface area contributed by atoms with Crippen LogP contribution in [-0.2, 0) is 4.79 Å².